The summed E-state index contributed by atoms with van der Waals surface area (Å²) in [5, 5.41) is 3.17. The Morgan fingerprint density at radius 3 is 2.87 bits per heavy atom. The fourth-order valence-corrected chi connectivity index (χ4v) is 1.13. The number of esters is 1. The SMILES string of the molecule is CCCCNc1ccc(C(=O)OC)cn1. The standard InChI is InChI=1S/C11H16N2O2/c1-3-4-7-12-10-6-5-9(8-13-10)11(14)15-2/h5-6,8H,3-4,7H2,1-2H3,(H,12,13). The minimum atomic E-state index is -0.359. The van der Waals surface area contributed by atoms with Crippen LogP contribution in [0.2, 0.25) is 0 Å². The van der Waals surface area contributed by atoms with Gasteiger partial charge in [-0.3, -0.25) is 0 Å². The highest BCUT2D eigenvalue weighted by Gasteiger charge is 2.04. The molecule has 4 nitrogen and oxygen atoms in total. The van der Waals surface area contributed by atoms with E-state index in [0.29, 0.717) is 5.56 Å². The molecule has 1 aromatic rings. The van der Waals surface area contributed by atoms with Gasteiger partial charge in [0, 0.05) is 12.7 Å². The molecular weight excluding hydrogens is 192 g/mol. The van der Waals surface area contributed by atoms with Crippen LogP contribution in [0.1, 0.15) is 30.1 Å². The van der Waals surface area contributed by atoms with E-state index in [9.17, 15) is 4.79 Å². The molecule has 0 unspecified atom stereocenters. The number of unbranched alkanes of at least 4 members (excludes halogenated alkanes) is 1. The maximum Gasteiger partial charge on any atom is 0.339 e. The average molecular weight is 208 g/mol. The maximum atomic E-state index is 11.1. The molecular formula is C11H16N2O2. The van der Waals surface area contributed by atoms with Crippen molar-refractivity contribution in [3.05, 3.63) is 23.9 Å². The Bertz CT molecular complexity index is 309. The number of hydrogen-bond donors (Lipinski definition) is 1. The Morgan fingerprint density at radius 2 is 2.33 bits per heavy atom. The number of ether oxygens (including phenoxy) is 1. The third-order valence-electron chi connectivity index (χ3n) is 2.02. The maximum absolute atomic E-state index is 11.1. The van der Waals surface area contributed by atoms with Gasteiger partial charge in [-0.25, -0.2) is 9.78 Å². The zero-order valence-electron chi connectivity index (χ0n) is 9.12. The third kappa shape index (κ3) is 3.58. The lowest BCUT2D eigenvalue weighted by atomic mass is 10.3. The molecule has 0 aliphatic carbocycles. The van der Waals surface area contributed by atoms with Crippen LogP contribution < -0.4 is 5.32 Å². The molecule has 0 saturated heterocycles. The first kappa shape index (κ1) is 11.5. The number of carbonyl (C=O) groups excluding carboxylic acids is 1. The molecule has 0 fully saturated rings. The van der Waals surface area contributed by atoms with Crippen LogP contribution in [0.5, 0.6) is 0 Å². The molecule has 0 aliphatic heterocycles. The number of hydrogen-bond acceptors (Lipinski definition) is 4. The number of nitrogens with one attached hydrogen (secondary N) is 1. The highest BCUT2D eigenvalue weighted by molar-refractivity contribution is 5.89. The van der Waals surface area contributed by atoms with Crippen molar-refractivity contribution in [1.82, 2.24) is 4.98 Å². The van der Waals surface area contributed by atoms with E-state index in [1.54, 1.807) is 12.1 Å². The molecule has 1 N–H and O–H groups in total. The van der Waals surface area contributed by atoms with Crippen LogP contribution in [0.3, 0.4) is 0 Å². The van der Waals surface area contributed by atoms with Gasteiger partial charge in [0.05, 0.1) is 12.7 Å². The van der Waals surface area contributed by atoms with E-state index in [1.165, 1.54) is 13.3 Å². The van der Waals surface area contributed by atoms with E-state index in [2.05, 4.69) is 22.0 Å². The Labute approximate surface area is 89.7 Å². The van der Waals surface area contributed by atoms with Gasteiger partial charge in [0.1, 0.15) is 5.82 Å². The second-order valence-electron chi connectivity index (χ2n) is 3.20. The summed E-state index contributed by atoms with van der Waals surface area (Å²) < 4.78 is 4.58. The summed E-state index contributed by atoms with van der Waals surface area (Å²) in [6, 6.07) is 3.48. The monoisotopic (exact) mass is 208 g/mol. The van der Waals surface area contributed by atoms with E-state index in [1.807, 2.05) is 0 Å². The second-order valence-corrected chi connectivity index (χ2v) is 3.20. The predicted molar refractivity (Wildman–Crippen MR) is 59.0 cm³/mol. The number of pyridine rings is 1. The molecule has 0 amide bonds. The third-order valence-corrected chi connectivity index (χ3v) is 2.02. The summed E-state index contributed by atoms with van der Waals surface area (Å²) in [6.45, 7) is 3.04. The van der Waals surface area contributed by atoms with Crippen LogP contribution in [0.25, 0.3) is 0 Å². The summed E-state index contributed by atoms with van der Waals surface area (Å²) in [5.41, 5.74) is 0.471. The molecule has 0 radical (unpaired) electrons. The van der Waals surface area contributed by atoms with Gasteiger partial charge in [-0.15, -0.1) is 0 Å². The molecule has 0 aromatic carbocycles. The fourth-order valence-electron chi connectivity index (χ4n) is 1.13. The van der Waals surface area contributed by atoms with Crippen molar-refractivity contribution in [1.29, 1.82) is 0 Å². The first-order chi connectivity index (χ1) is 7.27. The molecule has 0 saturated carbocycles. The van der Waals surface area contributed by atoms with Crippen LogP contribution in [0, 0.1) is 0 Å². The molecule has 0 bridgehead atoms. The summed E-state index contributed by atoms with van der Waals surface area (Å²) in [6.07, 6.45) is 3.77. The lowest BCUT2D eigenvalue weighted by Crippen LogP contribution is -2.05. The quantitative estimate of drug-likeness (QED) is 0.594. The van der Waals surface area contributed by atoms with Crippen LogP contribution in [-0.2, 0) is 4.74 Å². The topological polar surface area (TPSA) is 51.2 Å². The Morgan fingerprint density at radius 1 is 1.53 bits per heavy atom. The van der Waals surface area contributed by atoms with Crippen LogP contribution in [-0.4, -0.2) is 24.6 Å². The largest absolute Gasteiger partial charge is 0.465 e. The van der Waals surface area contributed by atoms with Crippen molar-refractivity contribution in [3.8, 4) is 0 Å². The minimum Gasteiger partial charge on any atom is -0.465 e. The molecule has 4 heteroatoms. The van der Waals surface area contributed by atoms with Crippen molar-refractivity contribution < 1.29 is 9.53 Å². The van der Waals surface area contributed by atoms with E-state index < -0.39 is 0 Å². The zero-order valence-corrected chi connectivity index (χ0v) is 9.12. The number of anilines is 1. The van der Waals surface area contributed by atoms with Crippen molar-refractivity contribution in [2.75, 3.05) is 19.0 Å². The minimum absolute atomic E-state index is 0.359. The molecule has 0 aliphatic rings. The Kier molecular flexibility index (Phi) is 4.60. The normalized spacial score (nSPS) is 9.73. The Balaban J connectivity index is 2.52. The first-order valence-corrected chi connectivity index (χ1v) is 5.06. The second kappa shape index (κ2) is 6.01. The molecule has 1 heterocycles. The van der Waals surface area contributed by atoms with Gasteiger partial charge in [-0.1, -0.05) is 13.3 Å². The number of methoxy groups -OCH3 is 1. The predicted octanol–water partition coefficient (Wildman–Crippen LogP) is 2.08. The highest BCUT2D eigenvalue weighted by atomic mass is 16.5. The van der Waals surface area contributed by atoms with Gasteiger partial charge in [0.2, 0.25) is 0 Å². The van der Waals surface area contributed by atoms with Crippen molar-refractivity contribution in [2.24, 2.45) is 0 Å². The van der Waals surface area contributed by atoms with Crippen molar-refractivity contribution in [3.63, 3.8) is 0 Å². The highest BCUT2D eigenvalue weighted by Crippen LogP contribution is 2.06. The van der Waals surface area contributed by atoms with Gasteiger partial charge in [0.25, 0.3) is 0 Å². The summed E-state index contributed by atoms with van der Waals surface area (Å²) in [7, 11) is 1.36. The number of nitrogens with zero attached hydrogens (tertiary/aromatic N) is 1. The zero-order chi connectivity index (χ0) is 11.1. The molecule has 0 spiro atoms. The molecule has 0 atom stereocenters. The first-order valence-electron chi connectivity index (χ1n) is 5.06. The number of carbonyl (C=O) groups is 1. The van der Waals surface area contributed by atoms with Gasteiger partial charge in [0.15, 0.2) is 0 Å². The Hall–Kier alpha value is -1.58. The van der Waals surface area contributed by atoms with Gasteiger partial charge in [-0.2, -0.15) is 0 Å². The van der Waals surface area contributed by atoms with Gasteiger partial charge >= 0.3 is 5.97 Å². The summed E-state index contributed by atoms with van der Waals surface area (Å²) >= 11 is 0. The molecule has 15 heavy (non-hydrogen) atoms. The van der Waals surface area contributed by atoms with E-state index in [4.69, 9.17) is 0 Å². The van der Waals surface area contributed by atoms with E-state index >= 15 is 0 Å². The van der Waals surface area contributed by atoms with Gasteiger partial charge in [-0.05, 0) is 18.6 Å². The van der Waals surface area contributed by atoms with Crippen LogP contribution in [0.4, 0.5) is 5.82 Å². The van der Waals surface area contributed by atoms with Crippen molar-refractivity contribution in [2.45, 2.75) is 19.8 Å². The smallest absolute Gasteiger partial charge is 0.339 e. The molecule has 1 aromatic heterocycles. The summed E-state index contributed by atoms with van der Waals surface area (Å²) in [5.74, 6) is 0.429. The number of rotatable bonds is 5. The van der Waals surface area contributed by atoms with E-state index in [0.717, 1.165) is 25.2 Å². The fraction of sp³-hybridized carbons (Fsp3) is 0.455. The lowest BCUT2D eigenvalue weighted by Gasteiger charge is -2.04. The molecule has 1 rings (SSSR count). The van der Waals surface area contributed by atoms with E-state index in [-0.39, 0.29) is 5.97 Å². The summed E-state index contributed by atoms with van der Waals surface area (Å²) in [4.78, 5) is 15.2. The van der Waals surface area contributed by atoms with Crippen molar-refractivity contribution >= 4 is 11.8 Å². The average Bonchev–Trinajstić information content (AvgIpc) is 2.29. The van der Waals surface area contributed by atoms with Gasteiger partial charge < -0.3 is 10.1 Å². The molecule has 82 valence electrons. The lowest BCUT2D eigenvalue weighted by molar-refractivity contribution is 0.0600. The van der Waals surface area contributed by atoms with Crippen LogP contribution >= 0.6 is 0 Å². The number of aromatic nitrogens is 1. The van der Waals surface area contributed by atoms with Crippen LogP contribution in [0.15, 0.2) is 18.3 Å².